The number of carbonyl (C=O) groups excluding carboxylic acids is 2. The van der Waals surface area contributed by atoms with Crippen molar-refractivity contribution in [2.24, 2.45) is 4.99 Å². The van der Waals surface area contributed by atoms with Crippen LogP contribution in [0.25, 0.3) is 0 Å². The van der Waals surface area contributed by atoms with Gasteiger partial charge in [0.2, 0.25) is 0 Å². The third-order valence-corrected chi connectivity index (χ3v) is 8.17. The fourth-order valence-corrected chi connectivity index (χ4v) is 5.87. The Balaban J connectivity index is 1.16. The van der Waals surface area contributed by atoms with Crippen molar-refractivity contribution in [3.8, 4) is 11.5 Å². The molecule has 230 valence electrons. The summed E-state index contributed by atoms with van der Waals surface area (Å²) < 4.78 is 10.5. The highest BCUT2D eigenvalue weighted by Crippen LogP contribution is 2.32. The van der Waals surface area contributed by atoms with E-state index in [2.05, 4.69) is 55.5 Å². The lowest BCUT2D eigenvalue weighted by Crippen LogP contribution is -2.48. The predicted octanol–water partition coefficient (Wildman–Crippen LogP) is 3.20. The summed E-state index contributed by atoms with van der Waals surface area (Å²) in [5.74, 6) is 4.37. The van der Waals surface area contributed by atoms with E-state index < -0.39 is 12.1 Å². The first kappa shape index (κ1) is 30.0. The van der Waals surface area contributed by atoms with E-state index in [1.54, 1.807) is 25.3 Å². The van der Waals surface area contributed by atoms with Crippen LogP contribution in [0, 0.1) is 0 Å². The number of benzene rings is 1. The summed E-state index contributed by atoms with van der Waals surface area (Å²) in [6.07, 6.45) is 5.80. The zero-order chi connectivity index (χ0) is 30.2. The van der Waals surface area contributed by atoms with E-state index in [0.29, 0.717) is 36.1 Å². The minimum absolute atomic E-state index is 0.207. The van der Waals surface area contributed by atoms with Crippen molar-refractivity contribution in [1.82, 2.24) is 25.8 Å². The quantitative estimate of drug-likeness (QED) is 0.264. The molecular weight excluding hydrogens is 548 g/mol. The van der Waals surface area contributed by atoms with E-state index >= 15 is 0 Å². The maximum absolute atomic E-state index is 12.6. The van der Waals surface area contributed by atoms with Gasteiger partial charge in [-0.05, 0) is 55.9 Å². The Morgan fingerprint density at radius 2 is 1.95 bits per heavy atom. The Morgan fingerprint density at radius 3 is 2.70 bits per heavy atom. The fourth-order valence-electron chi connectivity index (χ4n) is 5.87. The van der Waals surface area contributed by atoms with Gasteiger partial charge in [-0.1, -0.05) is 13.0 Å². The molecule has 43 heavy (non-hydrogen) atoms. The van der Waals surface area contributed by atoms with Gasteiger partial charge in [0.1, 0.15) is 36.5 Å². The monoisotopic (exact) mass is 590 g/mol. The maximum atomic E-state index is 12.6. The number of aromatic nitrogens is 1. The number of anilines is 2. The average Bonchev–Trinajstić information content (AvgIpc) is 3.06. The van der Waals surface area contributed by atoms with Crippen molar-refractivity contribution >= 4 is 29.7 Å². The summed E-state index contributed by atoms with van der Waals surface area (Å²) in [5.41, 5.74) is 4.08. The number of carbonyl (C=O) groups is 2. The molecule has 5 rings (SSSR count). The number of nitrogens with one attached hydrogen (secondary N) is 5. The molecule has 4 heterocycles. The molecular formula is C31H42N8O4. The first-order valence-corrected chi connectivity index (χ1v) is 15.0. The van der Waals surface area contributed by atoms with Gasteiger partial charge in [0.05, 0.1) is 14.2 Å². The molecule has 3 aliphatic rings. The van der Waals surface area contributed by atoms with Crippen LogP contribution in [0.1, 0.15) is 49.8 Å². The third-order valence-electron chi connectivity index (χ3n) is 8.17. The number of aldehydes is 1. The smallest absolute Gasteiger partial charge is 0.319 e. The average molecular weight is 591 g/mol. The van der Waals surface area contributed by atoms with E-state index in [4.69, 9.17) is 14.5 Å². The molecule has 2 amide bonds. The van der Waals surface area contributed by atoms with Crippen molar-refractivity contribution in [2.75, 3.05) is 57.7 Å². The van der Waals surface area contributed by atoms with Gasteiger partial charge < -0.3 is 45.8 Å². The highest BCUT2D eigenvalue weighted by atomic mass is 16.5. The number of ether oxygens (including phenoxy) is 2. The fraction of sp³-hybridized carbons (Fsp3) is 0.484. The number of aryl methyl sites for hydroxylation is 1. The second-order valence-corrected chi connectivity index (χ2v) is 10.8. The molecule has 0 aliphatic carbocycles. The van der Waals surface area contributed by atoms with Crippen LogP contribution >= 0.6 is 0 Å². The zero-order valence-electron chi connectivity index (χ0n) is 25.2. The van der Waals surface area contributed by atoms with Gasteiger partial charge in [-0.2, -0.15) is 0 Å². The topological polar surface area (TPSA) is 141 Å². The second-order valence-electron chi connectivity index (χ2n) is 10.8. The Hall–Kier alpha value is -4.48. The van der Waals surface area contributed by atoms with Gasteiger partial charge in [-0.15, -0.1) is 0 Å². The number of urea groups is 1. The number of rotatable bonds is 10. The number of likely N-dealkylation sites (tertiary alicyclic amines) is 1. The number of hydrogen-bond acceptors (Lipinski definition) is 10. The molecule has 0 bridgehead atoms. The van der Waals surface area contributed by atoms with Gasteiger partial charge in [-0.25, -0.2) is 14.8 Å². The van der Waals surface area contributed by atoms with Gasteiger partial charge in [0, 0.05) is 55.1 Å². The molecule has 0 saturated carbocycles. The van der Waals surface area contributed by atoms with Gasteiger partial charge in [0.25, 0.3) is 0 Å². The maximum Gasteiger partial charge on any atom is 0.319 e. The summed E-state index contributed by atoms with van der Waals surface area (Å²) in [4.78, 5) is 36.5. The highest BCUT2D eigenvalue weighted by molar-refractivity contribution is 5.99. The van der Waals surface area contributed by atoms with Crippen molar-refractivity contribution in [1.29, 1.82) is 0 Å². The lowest BCUT2D eigenvalue weighted by Gasteiger charge is -2.38. The summed E-state index contributed by atoms with van der Waals surface area (Å²) in [6.45, 7) is 5.59. The van der Waals surface area contributed by atoms with Crippen LogP contribution < -0.4 is 36.1 Å². The molecule has 1 aromatic carbocycles. The Morgan fingerprint density at radius 1 is 1.14 bits per heavy atom. The SMILES string of the molecule is CCC1=C(N2CCC(c3ccc4c(n3)NCCC4)CC2)NCN=C1NC[C@@H](C=O)NC(=O)Nc1ccc(OC)c(OC)c1. The lowest BCUT2D eigenvalue weighted by molar-refractivity contribution is -0.109. The van der Waals surface area contributed by atoms with Crippen LogP contribution in [0.2, 0.25) is 0 Å². The van der Waals surface area contributed by atoms with Crippen molar-refractivity contribution < 1.29 is 19.1 Å². The van der Waals surface area contributed by atoms with E-state index in [1.165, 1.54) is 18.4 Å². The number of nitrogens with zero attached hydrogens (tertiary/aromatic N) is 3. The Labute approximate surface area is 252 Å². The summed E-state index contributed by atoms with van der Waals surface area (Å²) >= 11 is 0. The molecule has 1 saturated heterocycles. The Bertz CT molecular complexity index is 1370. The van der Waals surface area contributed by atoms with Crippen molar-refractivity contribution in [3.63, 3.8) is 0 Å². The normalized spacial score (nSPS) is 17.5. The van der Waals surface area contributed by atoms with Gasteiger partial charge in [-0.3, -0.25) is 0 Å². The van der Waals surface area contributed by atoms with Crippen molar-refractivity contribution in [2.45, 2.75) is 51.0 Å². The molecule has 2 aromatic rings. The molecule has 5 N–H and O–H groups in total. The van der Waals surface area contributed by atoms with Crippen LogP contribution in [0.3, 0.4) is 0 Å². The minimum atomic E-state index is -0.756. The summed E-state index contributed by atoms with van der Waals surface area (Å²) in [5, 5.41) is 15.7. The number of pyridine rings is 1. The van der Waals surface area contributed by atoms with Crippen LogP contribution in [-0.4, -0.2) is 81.1 Å². The number of aliphatic imine (C=N–C) groups is 1. The molecule has 1 atom stereocenters. The van der Waals surface area contributed by atoms with Crippen LogP contribution in [-0.2, 0) is 11.2 Å². The van der Waals surface area contributed by atoms with Crippen LogP contribution in [0.5, 0.6) is 11.5 Å². The summed E-state index contributed by atoms with van der Waals surface area (Å²) in [7, 11) is 3.07. The lowest BCUT2D eigenvalue weighted by atomic mass is 9.92. The van der Waals surface area contributed by atoms with E-state index in [-0.39, 0.29) is 6.54 Å². The molecule has 0 unspecified atom stereocenters. The number of hydrogen-bond donors (Lipinski definition) is 5. The molecule has 1 fully saturated rings. The Kier molecular flexibility index (Phi) is 9.85. The standard InChI is InChI=1S/C31H42N8O4/c1-4-24-29(33-17-23(18-40)37-31(41)36-22-8-10-26(42-2)27(16-22)43-3)34-19-35-30(24)39-14-11-20(12-15-39)25-9-7-21-6-5-13-32-28(21)38-25/h7-10,16,18,20,23,35H,4-6,11-15,17,19H2,1-3H3,(H,32,38)(H,33,34)(H2,36,37,41)/t23-/m0/s1. The van der Waals surface area contributed by atoms with Gasteiger partial charge >= 0.3 is 6.03 Å². The number of amides is 2. The van der Waals surface area contributed by atoms with E-state index in [1.807, 2.05) is 0 Å². The largest absolute Gasteiger partial charge is 0.493 e. The number of piperidine rings is 1. The molecule has 1 aromatic heterocycles. The third kappa shape index (κ3) is 7.12. The van der Waals surface area contributed by atoms with E-state index in [9.17, 15) is 9.59 Å². The highest BCUT2D eigenvalue weighted by Gasteiger charge is 2.28. The van der Waals surface area contributed by atoms with Crippen LogP contribution in [0.15, 0.2) is 46.7 Å². The first-order valence-electron chi connectivity index (χ1n) is 15.0. The molecule has 12 heteroatoms. The molecule has 0 radical (unpaired) electrons. The zero-order valence-corrected chi connectivity index (χ0v) is 25.2. The first-order chi connectivity index (χ1) is 21.0. The van der Waals surface area contributed by atoms with Crippen molar-refractivity contribution in [3.05, 3.63) is 53.0 Å². The second kappa shape index (κ2) is 14.1. The molecule has 12 nitrogen and oxygen atoms in total. The van der Waals surface area contributed by atoms with E-state index in [0.717, 1.165) is 74.8 Å². The number of fused-ring (bicyclic) bond motifs is 1. The van der Waals surface area contributed by atoms with Gasteiger partial charge in [0.15, 0.2) is 11.5 Å². The number of amidine groups is 1. The summed E-state index contributed by atoms with van der Waals surface area (Å²) in [6, 6.07) is 8.24. The minimum Gasteiger partial charge on any atom is -0.493 e. The molecule has 3 aliphatic heterocycles. The molecule has 0 spiro atoms. The predicted molar refractivity (Wildman–Crippen MR) is 167 cm³/mol. The van der Waals surface area contributed by atoms with Crippen LogP contribution in [0.4, 0.5) is 16.3 Å². The number of methoxy groups -OCH3 is 2.